The normalized spacial score (nSPS) is 11.3. The van der Waals surface area contributed by atoms with Gasteiger partial charge in [0.2, 0.25) is 0 Å². The number of rotatable bonds is 6. The molecule has 3 aromatic rings. The second kappa shape index (κ2) is 6.61. The lowest BCUT2D eigenvalue weighted by molar-refractivity contribution is 0.518. The molecule has 3 heterocycles. The highest BCUT2D eigenvalue weighted by Crippen LogP contribution is 2.27. The quantitative estimate of drug-likeness (QED) is 0.690. The molecule has 0 aromatic carbocycles. The summed E-state index contributed by atoms with van der Waals surface area (Å²) in [7, 11) is -3.67. The van der Waals surface area contributed by atoms with Gasteiger partial charge in [0.05, 0.1) is 29.0 Å². The summed E-state index contributed by atoms with van der Waals surface area (Å²) in [4.78, 5) is 4.08. The van der Waals surface area contributed by atoms with Crippen molar-refractivity contribution in [3.05, 3.63) is 59.0 Å². The van der Waals surface area contributed by atoms with Crippen LogP contribution in [0, 0.1) is 0 Å². The maximum absolute atomic E-state index is 12.2. The Hall–Kier alpha value is -2.03. The van der Waals surface area contributed by atoms with Gasteiger partial charge in [-0.1, -0.05) is 11.6 Å². The standard InChI is InChI=1S/C14H12ClN3O3S2/c15-12-4-6-14(22-12)23(19,20)18-13-5-3-10(8-17-13)16-9-11-2-1-7-21-11/h1-8,16H,9H2,(H,17,18). The Morgan fingerprint density at radius 1 is 1.22 bits per heavy atom. The molecule has 0 fully saturated rings. The zero-order valence-electron chi connectivity index (χ0n) is 11.7. The summed E-state index contributed by atoms with van der Waals surface area (Å²) in [5, 5.41) is 3.12. The number of nitrogens with one attached hydrogen (secondary N) is 2. The molecule has 9 heteroatoms. The summed E-state index contributed by atoms with van der Waals surface area (Å²) in [6, 6.07) is 9.97. The molecule has 3 rings (SSSR count). The molecular formula is C14H12ClN3O3S2. The van der Waals surface area contributed by atoms with E-state index in [4.69, 9.17) is 16.0 Å². The van der Waals surface area contributed by atoms with Crippen LogP contribution in [0.4, 0.5) is 11.5 Å². The van der Waals surface area contributed by atoms with Crippen LogP contribution < -0.4 is 10.0 Å². The first kappa shape index (κ1) is 15.9. The summed E-state index contributed by atoms with van der Waals surface area (Å²) in [6.45, 7) is 0.521. The fourth-order valence-electron chi connectivity index (χ4n) is 1.79. The van der Waals surface area contributed by atoms with Crippen molar-refractivity contribution in [2.75, 3.05) is 10.0 Å². The van der Waals surface area contributed by atoms with Gasteiger partial charge in [0.15, 0.2) is 0 Å². The first-order chi connectivity index (χ1) is 11.0. The molecule has 0 saturated heterocycles. The molecule has 6 nitrogen and oxygen atoms in total. The number of aromatic nitrogens is 1. The largest absolute Gasteiger partial charge is 0.467 e. The average molecular weight is 370 g/mol. The predicted octanol–water partition coefficient (Wildman–Crippen LogP) is 3.80. The van der Waals surface area contributed by atoms with Crippen LogP contribution in [0.15, 0.2) is 57.5 Å². The van der Waals surface area contributed by atoms with E-state index < -0.39 is 10.0 Å². The molecule has 0 aliphatic rings. The van der Waals surface area contributed by atoms with E-state index in [1.165, 1.54) is 12.1 Å². The monoisotopic (exact) mass is 369 g/mol. The molecule has 120 valence electrons. The maximum atomic E-state index is 12.2. The Kier molecular flexibility index (Phi) is 4.56. The predicted molar refractivity (Wildman–Crippen MR) is 90.4 cm³/mol. The van der Waals surface area contributed by atoms with E-state index >= 15 is 0 Å². The van der Waals surface area contributed by atoms with Gasteiger partial charge in [-0.05, 0) is 36.4 Å². The van der Waals surface area contributed by atoms with Crippen molar-refractivity contribution in [3.8, 4) is 0 Å². The van der Waals surface area contributed by atoms with Crippen molar-refractivity contribution >= 4 is 44.5 Å². The zero-order chi connectivity index (χ0) is 16.3. The lowest BCUT2D eigenvalue weighted by Crippen LogP contribution is -2.12. The molecule has 0 unspecified atom stereocenters. The van der Waals surface area contributed by atoms with E-state index in [1.807, 2.05) is 12.1 Å². The summed E-state index contributed by atoms with van der Waals surface area (Å²) in [5.74, 6) is 1.03. The minimum Gasteiger partial charge on any atom is -0.467 e. The average Bonchev–Trinajstić information content (AvgIpc) is 3.18. The van der Waals surface area contributed by atoms with E-state index in [2.05, 4.69) is 15.0 Å². The van der Waals surface area contributed by atoms with E-state index in [9.17, 15) is 8.42 Å². The minimum absolute atomic E-state index is 0.143. The molecule has 0 aliphatic heterocycles. The number of thiophene rings is 1. The van der Waals surface area contributed by atoms with Crippen molar-refractivity contribution in [2.45, 2.75) is 10.8 Å². The van der Waals surface area contributed by atoms with E-state index in [0.29, 0.717) is 10.9 Å². The highest BCUT2D eigenvalue weighted by molar-refractivity contribution is 7.94. The number of anilines is 2. The van der Waals surface area contributed by atoms with Gasteiger partial charge >= 0.3 is 0 Å². The third-order valence-corrected chi connectivity index (χ3v) is 5.94. The molecule has 0 atom stereocenters. The minimum atomic E-state index is -3.67. The molecular weight excluding hydrogens is 358 g/mol. The van der Waals surface area contributed by atoms with Gasteiger partial charge in [-0.2, -0.15) is 0 Å². The molecule has 23 heavy (non-hydrogen) atoms. The lowest BCUT2D eigenvalue weighted by atomic mass is 10.4. The Morgan fingerprint density at radius 3 is 2.70 bits per heavy atom. The van der Waals surface area contributed by atoms with Gasteiger partial charge in [-0.3, -0.25) is 4.72 Å². The molecule has 0 radical (unpaired) electrons. The third kappa shape index (κ3) is 4.04. The van der Waals surface area contributed by atoms with Crippen LogP contribution >= 0.6 is 22.9 Å². The van der Waals surface area contributed by atoms with Gasteiger partial charge in [0, 0.05) is 0 Å². The van der Waals surface area contributed by atoms with Gasteiger partial charge in [-0.15, -0.1) is 11.3 Å². The summed E-state index contributed by atoms with van der Waals surface area (Å²) in [5.41, 5.74) is 0.753. The van der Waals surface area contributed by atoms with Gasteiger partial charge < -0.3 is 9.73 Å². The SMILES string of the molecule is O=S(=O)(Nc1ccc(NCc2ccco2)cn1)c1ccc(Cl)s1. The van der Waals surface area contributed by atoms with Gasteiger partial charge in [0.25, 0.3) is 10.0 Å². The number of sulfonamides is 1. The fourth-order valence-corrected chi connectivity index (χ4v) is 4.28. The number of pyridine rings is 1. The zero-order valence-corrected chi connectivity index (χ0v) is 14.1. The van der Waals surface area contributed by atoms with Gasteiger partial charge in [0.1, 0.15) is 15.8 Å². The first-order valence-corrected chi connectivity index (χ1v) is 9.21. The van der Waals surface area contributed by atoms with Crippen LogP contribution in [-0.4, -0.2) is 13.4 Å². The molecule has 0 saturated carbocycles. The molecule has 0 spiro atoms. The Labute approximate surface area is 142 Å². The highest BCUT2D eigenvalue weighted by atomic mass is 35.5. The van der Waals surface area contributed by atoms with E-state index in [0.717, 1.165) is 22.8 Å². The second-order valence-electron chi connectivity index (χ2n) is 4.53. The Bertz CT molecular complexity index is 874. The number of furan rings is 1. The van der Waals surface area contributed by atoms with E-state index in [1.54, 1.807) is 24.6 Å². The van der Waals surface area contributed by atoms with Crippen LogP contribution in [0.5, 0.6) is 0 Å². The summed E-state index contributed by atoms with van der Waals surface area (Å²) in [6.07, 6.45) is 3.15. The summed E-state index contributed by atoms with van der Waals surface area (Å²) >= 11 is 6.75. The number of halogens is 1. The van der Waals surface area contributed by atoms with Crippen molar-refractivity contribution in [3.63, 3.8) is 0 Å². The topological polar surface area (TPSA) is 84.2 Å². The van der Waals surface area contributed by atoms with E-state index in [-0.39, 0.29) is 10.0 Å². The smallest absolute Gasteiger partial charge is 0.272 e. The molecule has 0 amide bonds. The molecule has 3 aromatic heterocycles. The highest BCUT2D eigenvalue weighted by Gasteiger charge is 2.17. The lowest BCUT2D eigenvalue weighted by Gasteiger charge is -2.07. The Morgan fingerprint density at radius 2 is 2.09 bits per heavy atom. The molecule has 2 N–H and O–H groups in total. The molecule has 0 bridgehead atoms. The van der Waals surface area contributed by atoms with Crippen molar-refractivity contribution in [2.24, 2.45) is 0 Å². The van der Waals surface area contributed by atoms with Crippen LogP contribution in [-0.2, 0) is 16.6 Å². The number of hydrogen-bond donors (Lipinski definition) is 2. The van der Waals surface area contributed by atoms with Crippen molar-refractivity contribution in [1.82, 2.24) is 4.98 Å². The van der Waals surface area contributed by atoms with Crippen LogP contribution in [0.2, 0.25) is 4.34 Å². The van der Waals surface area contributed by atoms with Crippen molar-refractivity contribution < 1.29 is 12.8 Å². The Balaban J connectivity index is 1.65. The third-order valence-electron chi connectivity index (χ3n) is 2.86. The number of nitrogens with zero attached hydrogens (tertiary/aromatic N) is 1. The van der Waals surface area contributed by atoms with Crippen LogP contribution in [0.1, 0.15) is 5.76 Å². The van der Waals surface area contributed by atoms with Crippen LogP contribution in [0.3, 0.4) is 0 Å². The molecule has 0 aliphatic carbocycles. The van der Waals surface area contributed by atoms with Crippen LogP contribution in [0.25, 0.3) is 0 Å². The second-order valence-corrected chi connectivity index (χ2v) is 8.15. The summed E-state index contributed by atoms with van der Waals surface area (Å²) < 4.78 is 32.5. The maximum Gasteiger partial charge on any atom is 0.272 e. The van der Waals surface area contributed by atoms with Crippen molar-refractivity contribution in [1.29, 1.82) is 0 Å². The number of hydrogen-bond acceptors (Lipinski definition) is 6. The fraction of sp³-hybridized carbons (Fsp3) is 0.0714. The first-order valence-electron chi connectivity index (χ1n) is 6.53. The van der Waals surface area contributed by atoms with Gasteiger partial charge in [-0.25, -0.2) is 13.4 Å².